The molecule has 0 amide bonds. The van der Waals surface area contributed by atoms with Gasteiger partial charge in [0.2, 0.25) is 0 Å². The van der Waals surface area contributed by atoms with Crippen molar-refractivity contribution in [3.05, 3.63) is 146 Å². The van der Waals surface area contributed by atoms with Crippen molar-refractivity contribution in [2.75, 3.05) is 0 Å². The third-order valence-electron chi connectivity index (χ3n) is 4.70. The monoisotopic (exact) mass is 644 g/mol. The molecule has 8 nitrogen and oxygen atoms in total. The number of benzene rings is 4. The summed E-state index contributed by atoms with van der Waals surface area (Å²) >= 11 is 0. The molecule has 12 heteroatoms. The zero-order valence-corrected chi connectivity index (χ0v) is 28.1. The van der Waals surface area contributed by atoms with Crippen LogP contribution in [0.15, 0.2) is 144 Å². The predicted molar refractivity (Wildman–Crippen MR) is 160 cm³/mol. The summed E-state index contributed by atoms with van der Waals surface area (Å²) in [6, 6.07) is 28.9. The average Bonchev–Trinajstić information content (AvgIpc) is 2.91. The van der Waals surface area contributed by atoms with E-state index in [1.165, 1.54) is 48.5 Å². The van der Waals surface area contributed by atoms with Crippen LogP contribution < -0.4 is 10.2 Å². The van der Waals surface area contributed by atoms with E-state index in [1.54, 1.807) is 60.7 Å². The first-order valence-electron chi connectivity index (χ1n) is 11.6. The predicted octanol–water partition coefficient (Wildman–Crippen LogP) is 3.40. The molecule has 4 rings (SSSR count). The quantitative estimate of drug-likeness (QED) is 0.175. The Morgan fingerprint density at radius 1 is 0.524 bits per heavy atom. The Hall–Kier alpha value is -2.19. The first-order chi connectivity index (χ1) is 18.9. The van der Waals surface area contributed by atoms with Gasteiger partial charge in [-0.3, -0.25) is 0 Å². The van der Waals surface area contributed by atoms with E-state index in [0.29, 0.717) is 24.0 Å². The molecule has 0 aliphatic carbocycles. The van der Waals surface area contributed by atoms with Crippen molar-refractivity contribution in [3.63, 3.8) is 0 Å². The van der Waals surface area contributed by atoms with Gasteiger partial charge < -0.3 is 19.3 Å². The first-order valence-corrected chi connectivity index (χ1v) is 14.4. The molecule has 0 fully saturated rings. The maximum atomic E-state index is 10.7. The van der Waals surface area contributed by atoms with Crippen LogP contribution in [0, 0.1) is 0 Å². The molecule has 0 atom stereocenters. The zero-order valence-electron chi connectivity index (χ0n) is 22.9. The normalized spacial score (nSPS) is 9.76. The van der Waals surface area contributed by atoms with Gasteiger partial charge in [-0.05, 0) is 36.1 Å². The SMILES string of the molecule is C=CCc1ccccc1S(=O)(=O)[O-].C=CCc1ccccc1S(=O)(=O)[O-].[Ca+2].[Mg+2].[O-]c1ccccc1.[O-]c1ccccc1. The third kappa shape index (κ3) is 17.7. The molecule has 0 spiro atoms. The van der Waals surface area contributed by atoms with Crippen LogP contribution >= 0.6 is 0 Å². The molecule has 0 saturated heterocycles. The molecule has 0 heterocycles. The molecule has 0 radical (unpaired) electrons. The molecule has 0 bridgehead atoms. The summed E-state index contributed by atoms with van der Waals surface area (Å²) in [5.74, 6) is 0.144. The van der Waals surface area contributed by atoms with Crippen LogP contribution in [0.2, 0.25) is 0 Å². The number of allylic oxidation sites excluding steroid dienone is 2. The van der Waals surface area contributed by atoms with Gasteiger partial charge in [-0.1, -0.05) is 109 Å². The molecule has 4 aromatic carbocycles. The maximum absolute atomic E-state index is 10.7. The van der Waals surface area contributed by atoms with Crippen LogP contribution in [-0.2, 0) is 33.1 Å². The van der Waals surface area contributed by atoms with Crippen LogP contribution in [0.4, 0.5) is 0 Å². The summed E-state index contributed by atoms with van der Waals surface area (Å²) in [5.41, 5.74) is 0.986. The second-order valence-corrected chi connectivity index (χ2v) is 10.4. The van der Waals surface area contributed by atoms with Crippen LogP contribution in [-0.4, -0.2) is 86.7 Å². The van der Waals surface area contributed by atoms with Crippen molar-refractivity contribution in [2.24, 2.45) is 0 Å². The van der Waals surface area contributed by atoms with E-state index in [9.17, 15) is 36.2 Å². The second kappa shape index (κ2) is 22.4. The van der Waals surface area contributed by atoms with Gasteiger partial charge in [0, 0.05) is 0 Å². The van der Waals surface area contributed by atoms with Gasteiger partial charge in [-0.15, -0.1) is 24.7 Å². The smallest absolute Gasteiger partial charge is 0.872 e. The van der Waals surface area contributed by atoms with Crippen LogP contribution in [0.3, 0.4) is 0 Å². The van der Waals surface area contributed by atoms with Gasteiger partial charge in [-0.2, -0.15) is 0 Å². The molecule has 0 aliphatic heterocycles. The van der Waals surface area contributed by atoms with Gasteiger partial charge >= 0.3 is 60.8 Å². The van der Waals surface area contributed by atoms with Crippen LogP contribution in [0.25, 0.3) is 0 Å². The molecular weight excluding hydrogens is 617 g/mol. The molecule has 0 aliphatic rings. The van der Waals surface area contributed by atoms with Gasteiger partial charge in [0.25, 0.3) is 0 Å². The largest absolute Gasteiger partial charge is 2.00 e. The summed E-state index contributed by atoms with van der Waals surface area (Å²) < 4.78 is 64.4. The van der Waals surface area contributed by atoms with E-state index in [-0.39, 0.29) is 82.1 Å². The minimum atomic E-state index is -4.35. The minimum absolute atomic E-state index is 0. The van der Waals surface area contributed by atoms with E-state index >= 15 is 0 Å². The average molecular weight is 645 g/mol. The minimum Gasteiger partial charge on any atom is -0.872 e. The Bertz CT molecular complexity index is 1430. The van der Waals surface area contributed by atoms with E-state index in [2.05, 4.69) is 13.2 Å². The van der Waals surface area contributed by atoms with E-state index < -0.39 is 20.2 Å². The van der Waals surface area contributed by atoms with Crippen molar-refractivity contribution in [2.45, 2.75) is 22.6 Å². The topological polar surface area (TPSA) is 161 Å². The second-order valence-electron chi connectivity index (χ2n) is 7.74. The van der Waals surface area contributed by atoms with Crippen LogP contribution in [0.1, 0.15) is 11.1 Å². The van der Waals surface area contributed by atoms with Gasteiger partial charge in [0.15, 0.2) is 0 Å². The molecule has 0 N–H and O–H groups in total. The van der Waals surface area contributed by atoms with Crippen molar-refractivity contribution >= 4 is 81.0 Å². The van der Waals surface area contributed by atoms with Crippen molar-refractivity contribution in [1.82, 2.24) is 0 Å². The summed E-state index contributed by atoms with van der Waals surface area (Å²) in [4.78, 5) is -0.315. The molecule has 0 unspecified atom stereocenters. The van der Waals surface area contributed by atoms with Crippen molar-refractivity contribution < 1.29 is 36.2 Å². The molecular formula is C30H28CaMgO8S2. The summed E-state index contributed by atoms with van der Waals surface area (Å²) in [5, 5.41) is 20.5. The Kier molecular flexibility index (Phi) is 22.3. The third-order valence-corrected chi connectivity index (χ3v) is 6.57. The number of rotatable bonds is 6. The Morgan fingerprint density at radius 2 is 0.786 bits per heavy atom. The van der Waals surface area contributed by atoms with Gasteiger partial charge in [0.1, 0.15) is 20.2 Å². The van der Waals surface area contributed by atoms with E-state index in [4.69, 9.17) is 0 Å². The summed E-state index contributed by atoms with van der Waals surface area (Å²) in [7, 11) is -8.71. The fourth-order valence-electron chi connectivity index (χ4n) is 2.98. The summed E-state index contributed by atoms with van der Waals surface area (Å²) in [6.07, 6.45) is 3.89. The van der Waals surface area contributed by atoms with Gasteiger partial charge in [-0.25, -0.2) is 16.8 Å². The molecule has 42 heavy (non-hydrogen) atoms. The van der Waals surface area contributed by atoms with E-state index in [1.807, 2.05) is 12.1 Å². The number of para-hydroxylation sites is 2. The first kappa shape index (κ1) is 41.9. The number of hydrogen-bond donors (Lipinski definition) is 0. The number of hydrogen-bond acceptors (Lipinski definition) is 8. The fourth-order valence-corrected chi connectivity index (χ4v) is 4.42. The summed E-state index contributed by atoms with van der Waals surface area (Å²) in [6.45, 7) is 6.96. The molecule has 212 valence electrons. The molecule has 0 aromatic heterocycles. The standard InChI is InChI=1S/2C9H10O3S.2C6H6O.Ca.Mg/c2*1-2-5-8-6-3-4-7-9(8)13(10,11)12;2*7-6-4-2-1-3-5-6;;/h2*2-4,6-7H,1,5H2,(H,10,11,12);2*1-5,7H;;/q;;;;2*+2/p-4. The van der Waals surface area contributed by atoms with Crippen molar-refractivity contribution in [3.8, 4) is 11.5 Å². The zero-order chi connectivity index (χ0) is 30.0. The Balaban J connectivity index is 0. The maximum Gasteiger partial charge on any atom is 2.00 e. The van der Waals surface area contributed by atoms with E-state index in [0.717, 1.165) is 0 Å². The Morgan fingerprint density at radius 3 is 1.00 bits per heavy atom. The van der Waals surface area contributed by atoms with Crippen molar-refractivity contribution in [1.29, 1.82) is 0 Å². The fraction of sp³-hybridized carbons (Fsp3) is 0.0667. The Labute approximate surface area is 294 Å². The van der Waals surface area contributed by atoms with Gasteiger partial charge in [0.05, 0.1) is 9.79 Å². The molecule has 4 aromatic rings. The molecule has 0 saturated carbocycles. The van der Waals surface area contributed by atoms with Crippen LogP contribution in [0.5, 0.6) is 11.5 Å².